The van der Waals surface area contributed by atoms with Crippen LogP contribution in [0.2, 0.25) is 0 Å². The van der Waals surface area contributed by atoms with Crippen LogP contribution in [-0.4, -0.2) is 15.9 Å². The molecule has 0 unspecified atom stereocenters. The second kappa shape index (κ2) is 6.83. The van der Waals surface area contributed by atoms with Crippen LogP contribution in [0, 0.1) is 12.8 Å². The Labute approximate surface area is 124 Å². The first-order valence-electron chi connectivity index (χ1n) is 6.98. The van der Waals surface area contributed by atoms with E-state index in [2.05, 4.69) is 20.6 Å². The Bertz CT molecular complexity index is 625. The highest BCUT2D eigenvalue weighted by molar-refractivity contribution is 5.91. The molecule has 2 rings (SSSR count). The van der Waals surface area contributed by atoms with E-state index in [1.54, 1.807) is 0 Å². The van der Waals surface area contributed by atoms with Gasteiger partial charge in [0.25, 0.3) is 0 Å². The lowest BCUT2D eigenvalue weighted by atomic mass is 10.1. The molecule has 0 bridgehead atoms. The lowest BCUT2D eigenvalue weighted by Crippen LogP contribution is -2.13. The normalized spacial score (nSPS) is 10.5. The molecule has 1 heterocycles. The van der Waals surface area contributed by atoms with Gasteiger partial charge in [0, 0.05) is 29.6 Å². The van der Waals surface area contributed by atoms with E-state index in [0.717, 1.165) is 22.9 Å². The monoisotopic (exact) mass is 284 g/mol. The summed E-state index contributed by atoms with van der Waals surface area (Å²) in [5.41, 5.74) is 2.54. The smallest absolute Gasteiger partial charge is 0.224 e. The third-order valence-electron chi connectivity index (χ3n) is 2.82. The van der Waals surface area contributed by atoms with Crippen molar-refractivity contribution in [3.8, 4) is 0 Å². The number of rotatable bonds is 5. The maximum absolute atomic E-state index is 11.8. The molecule has 0 radical (unpaired) electrons. The number of hydrogen-bond acceptors (Lipinski definition) is 4. The van der Waals surface area contributed by atoms with Gasteiger partial charge in [-0.1, -0.05) is 19.9 Å². The molecule has 21 heavy (non-hydrogen) atoms. The first-order chi connectivity index (χ1) is 10.0. The summed E-state index contributed by atoms with van der Waals surface area (Å²) in [5, 5.41) is 6.10. The summed E-state index contributed by atoms with van der Waals surface area (Å²) < 4.78 is 0. The number of nitrogens with one attached hydrogen (secondary N) is 2. The Kier molecular flexibility index (Phi) is 4.87. The molecule has 1 amide bonds. The summed E-state index contributed by atoms with van der Waals surface area (Å²) >= 11 is 0. The van der Waals surface area contributed by atoms with Crippen molar-refractivity contribution >= 4 is 23.1 Å². The zero-order valence-corrected chi connectivity index (χ0v) is 12.6. The summed E-state index contributed by atoms with van der Waals surface area (Å²) in [7, 11) is 0. The molecule has 0 saturated heterocycles. The maximum Gasteiger partial charge on any atom is 0.224 e. The fourth-order valence-corrected chi connectivity index (χ4v) is 1.93. The maximum atomic E-state index is 11.8. The number of anilines is 3. The van der Waals surface area contributed by atoms with E-state index in [4.69, 9.17) is 0 Å². The number of aryl methyl sites for hydroxylation is 1. The molecule has 2 aromatic rings. The second-order valence-corrected chi connectivity index (χ2v) is 5.40. The molecule has 0 spiro atoms. The Morgan fingerprint density at radius 2 is 1.95 bits per heavy atom. The van der Waals surface area contributed by atoms with Crippen LogP contribution in [0.1, 0.15) is 26.0 Å². The van der Waals surface area contributed by atoms with Crippen LogP contribution in [0.5, 0.6) is 0 Å². The largest absolute Gasteiger partial charge is 0.340 e. The summed E-state index contributed by atoms with van der Waals surface area (Å²) in [5.74, 6) is 1.10. The number of amides is 1. The lowest BCUT2D eigenvalue weighted by molar-refractivity contribution is -0.116. The molecular weight excluding hydrogens is 264 g/mol. The van der Waals surface area contributed by atoms with Crippen molar-refractivity contribution in [2.24, 2.45) is 5.92 Å². The number of nitrogens with zero attached hydrogens (tertiary/aromatic N) is 2. The standard InChI is InChI=1S/C16H20N4O/c1-11(2)7-16(21)20-14-6-4-5-13(9-14)19-15-8-12(3)17-10-18-15/h4-6,8-11H,7H2,1-3H3,(H,20,21)(H,17,18,19). The first kappa shape index (κ1) is 15.0. The number of carbonyl (C=O) groups excluding carboxylic acids is 1. The van der Waals surface area contributed by atoms with Gasteiger partial charge in [0.1, 0.15) is 12.1 Å². The molecule has 1 aromatic heterocycles. The molecule has 0 atom stereocenters. The average Bonchev–Trinajstić information content (AvgIpc) is 2.37. The molecule has 0 saturated carbocycles. The van der Waals surface area contributed by atoms with Gasteiger partial charge in [-0.15, -0.1) is 0 Å². The number of carbonyl (C=O) groups is 1. The summed E-state index contributed by atoms with van der Waals surface area (Å²) in [4.78, 5) is 20.0. The lowest BCUT2D eigenvalue weighted by Gasteiger charge is -2.10. The topological polar surface area (TPSA) is 66.9 Å². The van der Waals surface area contributed by atoms with Crippen molar-refractivity contribution < 1.29 is 4.79 Å². The highest BCUT2D eigenvalue weighted by Crippen LogP contribution is 2.19. The molecule has 5 heteroatoms. The van der Waals surface area contributed by atoms with Gasteiger partial charge in [-0.25, -0.2) is 9.97 Å². The highest BCUT2D eigenvalue weighted by Gasteiger charge is 2.06. The van der Waals surface area contributed by atoms with E-state index >= 15 is 0 Å². The van der Waals surface area contributed by atoms with Crippen LogP contribution in [0.4, 0.5) is 17.2 Å². The zero-order valence-electron chi connectivity index (χ0n) is 12.6. The quantitative estimate of drug-likeness (QED) is 0.881. The van der Waals surface area contributed by atoms with Gasteiger partial charge in [-0.2, -0.15) is 0 Å². The second-order valence-electron chi connectivity index (χ2n) is 5.40. The van der Waals surface area contributed by atoms with Crippen LogP contribution < -0.4 is 10.6 Å². The molecule has 0 aliphatic heterocycles. The molecule has 110 valence electrons. The van der Waals surface area contributed by atoms with Crippen LogP contribution >= 0.6 is 0 Å². The minimum Gasteiger partial charge on any atom is -0.340 e. The number of aromatic nitrogens is 2. The SMILES string of the molecule is Cc1cc(Nc2cccc(NC(=O)CC(C)C)c2)ncn1. The van der Waals surface area contributed by atoms with Crippen LogP contribution in [-0.2, 0) is 4.79 Å². The summed E-state index contributed by atoms with van der Waals surface area (Å²) in [6, 6.07) is 9.44. The summed E-state index contributed by atoms with van der Waals surface area (Å²) in [6.07, 6.45) is 2.04. The van der Waals surface area contributed by atoms with Gasteiger partial charge in [0.15, 0.2) is 0 Å². The van der Waals surface area contributed by atoms with Crippen molar-refractivity contribution in [1.29, 1.82) is 0 Å². The van der Waals surface area contributed by atoms with Crippen molar-refractivity contribution in [2.45, 2.75) is 27.2 Å². The predicted molar refractivity (Wildman–Crippen MR) is 84.6 cm³/mol. The molecule has 2 N–H and O–H groups in total. The average molecular weight is 284 g/mol. The highest BCUT2D eigenvalue weighted by atomic mass is 16.1. The molecular formula is C16H20N4O. The van der Waals surface area contributed by atoms with Crippen LogP contribution in [0.25, 0.3) is 0 Å². The Hall–Kier alpha value is -2.43. The molecule has 5 nitrogen and oxygen atoms in total. The third-order valence-corrected chi connectivity index (χ3v) is 2.82. The Balaban J connectivity index is 2.05. The van der Waals surface area contributed by atoms with Gasteiger partial charge in [0.2, 0.25) is 5.91 Å². The first-order valence-corrected chi connectivity index (χ1v) is 6.98. The van der Waals surface area contributed by atoms with Crippen molar-refractivity contribution in [3.05, 3.63) is 42.4 Å². The van der Waals surface area contributed by atoms with E-state index in [1.807, 2.05) is 51.1 Å². The fraction of sp³-hybridized carbons (Fsp3) is 0.312. The van der Waals surface area contributed by atoms with Gasteiger partial charge in [-0.3, -0.25) is 4.79 Å². The summed E-state index contributed by atoms with van der Waals surface area (Å²) in [6.45, 7) is 5.96. The molecule has 0 aliphatic rings. The molecule has 0 fully saturated rings. The number of hydrogen-bond donors (Lipinski definition) is 2. The predicted octanol–water partition coefficient (Wildman–Crippen LogP) is 3.51. The van der Waals surface area contributed by atoms with Crippen molar-refractivity contribution in [2.75, 3.05) is 10.6 Å². The zero-order chi connectivity index (χ0) is 15.2. The van der Waals surface area contributed by atoms with Crippen LogP contribution in [0.15, 0.2) is 36.7 Å². The van der Waals surface area contributed by atoms with Gasteiger partial charge in [-0.05, 0) is 31.0 Å². The van der Waals surface area contributed by atoms with Gasteiger partial charge < -0.3 is 10.6 Å². The fourth-order valence-electron chi connectivity index (χ4n) is 1.93. The van der Waals surface area contributed by atoms with E-state index < -0.39 is 0 Å². The van der Waals surface area contributed by atoms with Crippen molar-refractivity contribution in [1.82, 2.24) is 9.97 Å². The Morgan fingerprint density at radius 1 is 1.19 bits per heavy atom. The van der Waals surface area contributed by atoms with E-state index in [0.29, 0.717) is 12.3 Å². The minimum absolute atomic E-state index is 0.0278. The van der Waals surface area contributed by atoms with Gasteiger partial charge in [0.05, 0.1) is 0 Å². The molecule has 0 aliphatic carbocycles. The van der Waals surface area contributed by atoms with Crippen LogP contribution in [0.3, 0.4) is 0 Å². The van der Waals surface area contributed by atoms with E-state index in [9.17, 15) is 4.79 Å². The molecule has 1 aromatic carbocycles. The van der Waals surface area contributed by atoms with E-state index in [-0.39, 0.29) is 5.91 Å². The van der Waals surface area contributed by atoms with Crippen molar-refractivity contribution in [3.63, 3.8) is 0 Å². The third kappa shape index (κ3) is 4.87. The Morgan fingerprint density at radius 3 is 2.67 bits per heavy atom. The minimum atomic E-state index is 0.0278. The number of benzene rings is 1. The van der Waals surface area contributed by atoms with Gasteiger partial charge >= 0.3 is 0 Å². The van der Waals surface area contributed by atoms with E-state index in [1.165, 1.54) is 6.33 Å².